The summed E-state index contributed by atoms with van der Waals surface area (Å²) in [6, 6.07) is 2.56. The Morgan fingerprint density at radius 1 is 1.25 bits per heavy atom. The molecular formula is C18H27N5O. The normalized spacial score (nSPS) is 21.5. The average molecular weight is 329 g/mol. The van der Waals surface area contributed by atoms with Gasteiger partial charge in [0.05, 0.1) is 17.8 Å². The molecule has 0 spiro atoms. The second-order valence-electron chi connectivity index (χ2n) is 7.07. The molecule has 1 aromatic heterocycles. The number of hydrogen-bond donors (Lipinski definition) is 0. The van der Waals surface area contributed by atoms with Gasteiger partial charge in [0.1, 0.15) is 6.04 Å². The van der Waals surface area contributed by atoms with Crippen LogP contribution in [0.1, 0.15) is 48.2 Å². The Morgan fingerprint density at radius 2 is 1.92 bits per heavy atom. The fourth-order valence-electron chi connectivity index (χ4n) is 4.02. The van der Waals surface area contributed by atoms with Gasteiger partial charge in [-0.05, 0) is 25.7 Å². The number of amides is 1. The van der Waals surface area contributed by atoms with Crippen LogP contribution in [0.15, 0.2) is 6.20 Å². The second kappa shape index (κ2) is 7.35. The summed E-state index contributed by atoms with van der Waals surface area (Å²) in [7, 11) is 1.85. The Labute approximate surface area is 144 Å². The van der Waals surface area contributed by atoms with E-state index in [9.17, 15) is 10.1 Å². The van der Waals surface area contributed by atoms with Gasteiger partial charge in [-0.3, -0.25) is 14.4 Å². The van der Waals surface area contributed by atoms with Crippen molar-refractivity contribution in [2.75, 3.05) is 26.2 Å². The Kier molecular flexibility index (Phi) is 5.20. The van der Waals surface area contributed by atoms with Crippen molar-refractivity contribution in [2.45, 2.75) is 45.1 Å². The highest BCUT2D eigenvalue weighted by Crippen LogP contribution is 2.29. The van der Waals surface area contributed by atoms with Crippen molar-refractivity contribution < 1.29 is 4.79 Å². The van der Waals surface area contributed by atoms with E-state index in [1.807, 2.05) is 18.9 Å². The van der Waals surface area contributed by atoms with Crippen LogP contribution in [0.5, 0.6) is 0 Å². The molecule has 1 aliphatic heterocycles. The molecule has 2 aliphatic rings. The van der Waals surface area contributed by atoms with Gasteiger partial charge in [-0.1, -0.05) is 19.3 Å². The lowest BCUT2D eigenvalue weighted by molar-refractivity contribution is 0.0538. The molecule has 0 N–H and O–H groups in total. The van der Waals surface area contributed by atoms with Crippen LogP contribution in [-0.4, -0.2) is 57.7 Å². The zero-order chi connectivity index (χ0) is 17.1. The molecule has 0 bridgehead atoms. The number of carbonyl (C=O) groups is 1. The first kappa shape index (κ1) is 17.0. The molecule has 1 aromatic rings. The standard InChI is InChI=1S/C18H27N5O/c1-14-16(13-20-21(14)2)18(24)23-10-8-22(9-11-23)17(12-19)15-6-4-3-5-7-15/h13,15,17H,3-11H2,1-2H3/t17-/m1/s1. The molecule has 1 saturated heterocycles. The summed E-state index contributed by atoms with van der Waals surface area (Å²) in [6.07, 6.45) is 7.81. The third kappa shape index (κ3) is 3.32. The molecule has 2 fully saturated rings. The van der Waals surface area contributed by atoms with E-state index < -0.39 is 0 Å². The van der Waals surface area contributed by atoms with Crippen LogP contribution in [0.4, 0.5) is 0 Å². The number of piperazine rings is 1. The predicted molar refractivity (Wildman–Crippen MR) is 91.4 cm³/mol. The van der Waals surface area contributed by atoms with E-state index in [4.69, 9.17) is 0 Å². The zero-order valence-electron chi connectivity index (χ0n) is 14.7. The summed E-state index contributed by atoms with van der Waals surface area (Å²) >= 11 is 0. The highest BCUT2D eigenvalue weighted by Gasteiger charge is 2.32. The zero-order valence-corrected chi connectivity index (χ0v) is 14.7. The number of carbonyl (C=O) groups excluding carboxylic acids is 1. The van der Waals surface area contributed by atoms with Gasteiger partial charge >= 0.3 is 0 Å². The van der Waals surface area contributed by atoms with Gasteiger partial charge in [-0.15, -0.1) is 0 Å². The fraction of sp³-hybridized carbons (Fsp3) is 0.722. The van der Waals surface area contributed by atoms with Gasteiger partial charge in [0.25, 0.3) is 5.91 Å². The van der Waals surface area contributed by atoms with Crippen LogP contribution in [0.25, 0.3) is 0 Å². The fourth-order valence-corrected chi connectivity index (χ4v) is 4.02. The molecule has 2 heterocycles. The SMILES string of the molecule is Cc1c(C(=O)N2CCN([C@H](C#N)C3CCCCC3)CC2)cnn1C. The minimum absolute atomic E-state index is 0.0164. The van der Waals surface area contributed by atoms with E-state index in [1.54, 1.807) is 10.9 Å². The highest BCUT2D eigenvalue weighted by atomic mass is 16.2. The summed E-state index contributed by atoms with van der Waals surface area (Å²) < 4.78 is 1.73. The van der Waals surface area contributed by atoms with Gasteiger partial charge in [-0.2, -0.15) is 10.4 Å². The Balaban J connectivity index is 1.59. The third-order valence-corrected chi connectivity index (χ3v) is 5.69. The molecule has 1 amide bonds. The van der Waals surface area contributed by atoms with Crippen LogP contribution in [0.3, 0.4) is 0 Å². The summed E-state index contributed by atoms with van der Waals surface area (Å²) in [5.74, 6) is 0.568. The monoisotopic (exact) mass is 329 g/mol. The number of aryl methyl sites for hydroxylation is 1. The van der Waals surface area contributed by atoms with Crippen LogP contribution in [0, 0.1) is 24.2 Å². The lowest BCUT2D eigenvalue weighted by atomic mass is 9.83. The molecule has 0 aromatic carbocycles. The molecule has 0 unspecified atom stereocenters. The van der Waals surface area contributed by atoms with E-state index in [-0.39, 0.29) is 11.9 Å². The third-order valence-electron chi connectivity index (χ3n) is 5.69. The summed E-state index contributed by atoms with van der Waals surface area (Å²) in [5.41, 5.74) is 1.59. The van der Waals surface area contributed by atoms with Crippen molar-refractivity contribution in [2.24, 2.45) is 13.0 Å². The number of nitrogens with zero attached hydrogens (tertiary/aromatic N) is 5. The topological polar surface area (TPSA) is 65.2 Å². The van der Waals surface area contributed by atoms with E-state index in [1.165, 1.54) is 32.1 Å². The van der Waals surface area contributed by atoms with E-state index in [2.05, 4.69) is 16.1 Å². The molecule has 6 heteroatoms. The molecular weight excluding hydrogens is 302 g/mol. The van der Waals surface area contributed by atoms with Crippen molar-refractivity contribution in [1.29, 1.82) is 5.26 Å². The molecule has 130 valence electrons. The van der Waals surface area contributed by atoms with Gasteiger partial charge in [0, 0.05) is 38.9 Å². The van der Waals surface area contributed by atoms with Crippen LogP contribution in [-0.2, 0) is 7.05 Å². The molecule has 1 saturated carbocycles. The van der Waals surface area contributed by atoms with Crippen molar-refractivity contribution in [3.8, 4) is 6.07 Å². The Hall–Kier alpha value is -1.87. The maximum atomic E-state index is 12.7. The number of rotatable bonds is 3. The van der Waals surface area contributed by atoms with Crippen molar-refractivity contribution >= 4 is 5.91 Å². The first-order valence-electron chi connectivity index (χ1n) is 9.03. The molecule has 3 rings (SSSR count). The van der Waals surface area contributed by atoms with Crippen LogP contribution >= 0.6 is 0 Å². The summed E-state index contributed by atoms with van der Waals surface area (Å²) in [5, 5.41) is 13.8. The van der Waals surface area contributed by atoms with Gasteiger partial charge in [0.2, 0.25) is 0 Å². The van der Waals surface area contributed by atoms with Gasteiger partial charge in [0.15, 0.2) is 0 Å². The molecule has 1 aliphatic carbocycles. The van der Waals surface area contributed by atoms with Gasteiger partial charge < -0.3 is 4.90 Å². The minimum atomic E-state index is 0.0164. The number of nitriles is 1. The lowest BCUT2D eigenvalue weighted by Crippen LogP contribution is -2.53. The first-order valence-corrected chi connectivity index (χ1v) is 9.03. The van der Waals surface area contributed by atoms with E-state index >= 15 is 0 Å². The Morgan fingerprint density at radius 3 is 2.46 bits per heavy atom. The largest absolute Gasteiger partial charge is 0.336 e. The molecule has 24 heavy (non-hydrogen) atoms. The summed E-state index contributed by atoms with van der Waals surface area (Å²) in [6.45, 7) is 4.89. The predicted octanol–water partition coefficient (Wildman–Crippen LogP) is 1.96. The Bertz CT molecular complexity index is 618. The average Bonchev–Trinajstić information content (AvgIpc) is 2.96. The molecule has 1 atom stereocenters. The number of aromatic nitrogens is 2. The van der Waals surface area contributed by atoms with Crippen molar-refractivity contribution in [3.63, 3.8) is 0 Å². The van der Waals surface area contributed by atoms with Crippen molar-refractivity contribution in [1.82, 2.24) is 19.6 Å². The molecule has 6 nitrogen and oxygen atoms in total. The highest BCUT2D eigenvalue weighted by molar-refractivity contribution is 5.95. The van der Waals surface area contributed by atoms with Crippen molar-refractivity contribution in [3.05, 3.63) is 17.5 Å². The van der Waals surface area contributed by atoms with E-state index in [0.717, 1.165) is 18.8 Å². The van der Waals surface area contributed by atoms with Crippen LogP contribution in [0.2, 0.25) is 0 Å². The van der Waals surface area contributed by atoms with Gasteiger partial charge in [-0.25, -0.2) is 0 Å². The minimum Gasteiger partial charge on any atom is -0.336 e. The number of hydrogen-bond acceptors (Lipinski definition) is 4. The maximum Gasteiger partial charge on any atom is 0.257 e. The maximum absolute atomic E-state index is 12.7. The van der Waals surface area contributed by atoms with E-state index in [0.29, 0.717) is 24.6 Å². The second-order valence-corrected chi connectivity index (χ2v) is 7.07. The first-order chi connectivity index (χ1) is 11.6. The molecule has 0 radical (unpaired) electrons. The smallest absolute Gasteiger partial charge is 0.257 e. The summed E-state index contributed by atoms with van der Waals surface area (Å²) in [4.78, 5) is 16.9. The lowest BCUT2D eigenvalue weighted by Gasteiger charge is -2.40. The quantitative estimate of drug-likeness (QED) is 0.850. The van der Waals surface area contributed by atoms with Crippen LogP contribution < -0.4 is 0 Å².